The maximum atomic E-state index is 11.5. The Kier molecular flexibility index (Phi) is 3.06. The van der Waals surface area contributed by atoms with E-state index in [4.69, 9.17) is 11.6 Å². The van der Waals surface area contributed by atoms with E-state index < -0.39 is 17.8 Å². The minimum atomic E-state index is -0.870. The van der Waals surface area contributed by atoms with Crippen LogP contribution < -0.4 is 0 Å². The lowest BCUT2D eigenvalue weighted by atomic mass is 10.4. The molecule has 6 nitrogen and oxygen atoms in total. The molecule has 1 fully saturated rings. The molecule has 2 rings (SSSR count). The number of aromatic nitrogens is 1. The van der Waals surface area contributed by atoms with Gasteiger partial charge in [0.25, 0.3) is 11.8 Å². The number of imide groups is 1. The zero-order chi connectivity index (χ0) is 12.4. The Morgan fingerprint density at radius 2 is 1.94 bits per heavy atom. The highest BCUT2D eigenvalue weighted by atomic mass is 35.5. The first-order valence-corrected chi connectivity index (χ1v) is 5.15. The van der Waals surface area contributed by atoms with Gasteiger partial charge in [-0.1, -0.05) is 11.6 Å². The Hall–Kier alpha value is -1.95. The van der Waals surface area contributed by atoms with Gasteiger partial charge >= 0.3 is 5.97 Å². The molecule has 0 bridgehead atoms. The van der Waals surface area contributed by atoms with Crippen molar-refractivity contribution in [2.45, 2.75) is 12.8 Å². The number of rotatable bonds is 2. The van der Waals surface area contributed by atoms with Crippen LogP contribution in [0.5, 0.6) is 0 Å². The molecule has 0 N–H and O–H groups in total. The van der Waals surface area contributed by atoms with Crippen molar-refractivity contribution in [1.29, 1.82) is 0 Å². The first kappa shape index (κ1) is 11.5. The molecular formula is C10H7ClN2O4. The number of carbonyl (C=O) groups excluding carboxylic acids is 3. The molecule has 0 spiro atoms. The van der Waals surface area contributed by atoms with Gasteiger partial charge in [-0.05, 0) is 12.1 Å². The van der Waals surface area contributed by atoms with Crippen LogP contribution in [0.4, 0.5) is 0 Å². The predicted molar refractivity (Wildman–Crippen MR) is 55.7 cm³/mol. The highest BCUT2D eigenvalue weighted by Gasteiger charge is 2.33. The van der Waals surface area contributed by atoms with Gasteiger partial charge in [-0.15, -0.1) is 5.06 Å². The van der Waals surface area contributed by atoms with E-state index in [-0.39, 0.29) is 18.5 Å². The van der Waals surface area contributed by atoms with Crippen LogP contribution in [0.3, 0.4) is 0 Å². The highest BCUT2D eigenvalue weighted by molar-refractivity contribution is 6.30. The van der Waals surface area contributed by atoms with E-state index in [1.807, 2.05) is 0 Å². The van der Waals surface area contributed by atoms with Gasteiger partial charge in [-0.2, -0.15) is 0 Å². The largest absolute Gasteiger partial charge is 0.382 e. The number of hydrogen-bond acceptors (Lipinski definition) is 5. The Morgan fingerprint density at radius 3 is 2.47 bits per heavy atom. The van der Waals surface area contributed by atoms with E-state index in [1.54, 1.807) is 0 Å². The molecule has 1 aromatic heterocycles. The molecule has 1 aliphatic rings. The summed E-state index contributed by atoms with van der Waals surface area (Å²) >= 11 is 5.60. The molecule has 1 aromatic rings. The van der Waals surface area contributed by atoms with Crippen molar-refractivity contribution in [2.24, 2.45) is 0 Å². The van der Waals surface area contributed by atoms with E-state index in [9.17, 15) is 14.4 Å². The first-order valence-electron chi connectivity index (χ1n) is 4.77. The summed E-state index contributed by atoms with van der Waals surface area (Å²) in [4.78, 5) is 42.3. The van der Waals surface area contributed by atoms with Crippen molar-refractivity contribution in [3.8, 4) is 0 Å². The smallest absolute Gasteiger partial charge is 0.323 e. The second-order valence-corrected chi connectivity index (χ2v) is 3.76. The predicted octanol–water partition coefficient (Wildman–Crippen LogP) is 0.956. The number of carbonyl (C=O) groups is 3. The van der Waals surface area contributed by atoms with Crippen LogP contribution in [0.25, 0.3) is 0 Å². The second-order valence-electron chi connectivity index (χ2n) is 3.32. The van der Waals surface area contributed by atoms with Crippen LogP contribution in [0, 0.1) is 0 Å². The lowest BCUT2D eigenvalue weighted by molar-refractivity contribution is -0.172. The van der Waals surface area contributed by atoms with Gasteiger partial charge in [0.2, 0.25) is 0 Å². The van der Waals surface area contributed by atoms with E-state index in [1.165, 1.54) is 18.3 Å². The Morgan fingerprint density at radius 1 is 1.29 bits per heavy atom. The molecule has 1 saturated heterocycles. The number of amides is 2. The van der Waals surface area contributed by atoms with Crippen LogP contribution in [-0.2, 0) is 14.4 Å². The fraction of sp³-hybridized carbons (Fsp3) is 0.200. The van der Waals surface area contributed by atoms with Gasteiger partial charge < -0.3 is 4.84 Å². The zero-order valence-corrected chi connectivity index (χ0v) is 9.31. The molecule has 1 aliphatic heterocycles. The normalized spacial score (nSPS) is 15.2. The molecule has 0 saturated carbocycles. The molecule has 2 heterocycles. The summed E-state index contributed by atoms with van der Waals surface area (Å²) in [6.07, 6.45) is 1.38. The van der Waals surface area contributed by atoms with Crippen LogP contribution in [0.1, 0.15) is 23.3 Å². The number of hydroxylamine groups is 2. The van der Waals surface area contributed by atoms with Gasteiger partial charge in [-0.3, -0.25) is 9.59 Å². The summed E-state index contributed by atoms with van der Waals surface area (Å²) in [7, 11) is 0. The van der Waals surface area contributed by atoms with E-state index in [0.717, 1.165) is 0 Å². The van der Waals surface area contributed by atoms with Gasteiger partial charge in [0.1, 0.15) is 0 Å². The quantitative estimate of drug-likeness (QED) is 0.735. The summed E-state index contributed by atoms with van der Waals surface area (Å²) in [6.45, 7) is 0. The van der Waals surface area contributed by atoms with Crippen molar-refractivity contribution >= 4 is 29.4 Å². The number of nitrogens with zero attached hydrogens (tertiary/aromatic N) is 2. The molecule has 2 amide bonds. The van der Waals surface area contributed by atoms with Gasteiger partial charge in [0, 0.05) is 19.0 Å². The van der Waals surface area contributed by atoms with E-state index >= 15 is 0 Å². The SMILES string of the molecule is O=C(ON1C(=O)CCC1=O)c1ccc(Cl)cn1. The zero-order valence-electron chi connectivity index (χ0n) is 8.55. The van der Waals surface area contributed by atoms with Gasteiger partial charge in [0.15, 0.2) is 5.69 Å². The summed E-state index contributed by atoms with van der Waals surface area (Å²) < 4.78 is 0. The molecule has 0 atom stereocenters. The Balaban J connectivity index is 2.09. The maximum absolute atomic E-state index is 11.5. The number of hydrogen-bond donors (Lipinski definition) is 0. The summed E-state index contributed by atoms with van der Waals surface area (Å²) in [5.74, 6) is -1.93. The third-order valence-corrected chi connectivity index (χ3v) is 2.34. The minimum Gasteiger partial charge on any atom is -0.323 e. The molecule has 88 valence electrons. The monoisotopic (exact) mass is 254 g/mol. The van der Waals surface area contributed by atoms with Crippen molar-refractivity contribution in [3.63, 3.8) is 0 Å². The average Bonchev–Trinajstić information content (AvgIpc) is 2.61. The van der Waals surface area contributed by atoms with Crippen LogP contribution >= 0.6 is 11.6 Å². The summed E-state index contributed by atoms with van der Waals surface area (Å²) in [5.41, 5.74) is -0.0260. The third kappa shape index (κ3) is 2.42. The van der Waals surface area contributed by atoms with Crippen molar-refractivity contribution in [2.75, 3.05) is 0 Å². The van der Waals surface area contributed by atoms with Crippen molar-refractivity contribution < 1.29 is 19.2 Å². The first-order chi connectivity index (χ1) is 8.08. The molecule has 0 unspecified atom stereocenters. The van der Waals surface area contributed by atoms with Crippen LogP contribution in [0.15, 0.2) is 18.3 Å². The number of pyridine rings is 1. The van der Waals surface area contributed by atoms with Crippen LogP contribution in [-0.4, -0.2) is 27.8 Å². The summed E-state index contributed by atoms with van der Waals surface area (Å²) in [5, 5.41) is 0.841. The van der Waals surface area contributed by atoms with Crippen LogP contribution in [0.2, 0.25) is 5.02 Å². The maximum Gasteiger partial charge on any atom is 0.382 e. The molecule has 0 aromatic carbocycles. The molecule has 7 heteroatoms. The fourth-order valence-corrected chi connectivity index (χ4v) is 1.40. The Bertz CT molecular complexity index is 470. The van der Waals surface area contributed by atoms with Crippen molar-refractivity contribution in [3.05, 3.63) is 29.0 Å². The van der Waals surface area contributed by atoms with Gasteiger partial charge in [0.05, 0.1) is 5.02 Å². The molecule has 0 aliphatic carbocycles. The van der Waals surface area contributed by atoms with Crippen molar-refractivity contribution in [1.82, 2.24) is 10.0 Å². The van der Waals surface area contributed by atoms with E-state index in [2.05, 4.69) is 9.82 Å². The fourth-order valence-electron chi connectivity index (χ4n) is 1.28. The average molecular weight is 255 g/mol. The van der Waals surface area contributed by atoms with Gasteiger partial charge in [-0.25, -0.2) is 9.78 Å². The highest BCUT2D eigenvalue weighted by Crippen LogP contribution is 2.14. The van der Waals surface area contributed by atoms with E-state index in [0.29, 0.717) is 10.1 Å². The standard InChI is InChI=1S/C10H7ClN2O4/c11-6-1-2-7(12-5-6)10(16)17-13-8(14)3-4-9(13)15/h1-2,5H,3-4H2. The minimum absolute atomic E-state index is 0.0260. The molecular weight excluding hydrogens is 248 g/mol. The second kappa shape index (κ2) is 4.50. The lowest BCUT2D eigenvalue weighted by Crippen LogP contribution is -2.32. The summed E-state index contributed by atoms with van der Waals surface area (Å²) in [6, 6.07) is 2.80. The number of halogens is 1. The lowest BCUT2D eigenvalue weighted by Gasteiger charge is -2.11. The molecule has 0 radical (unpaired) electrons. The third-order valence-electron chi connectivity index (χ3n) is 2.12. The topological polar surface area (TPSA) is 76.6 Å². The molecule has 17 heavy (non-hydrogen) atoms. The Labute approximate surface area is 101 Å².